The van der Waals surface area contributed by atoms with Crippen LogP contribution in [0.3, 0.4) is 0 Å². The number of nitrogens with zero attached hydrogens (tertiary/aromatic N) is 1. The lowest BCUT2D eigenvalue weighted by Crippen LogP contribution is -2.50. The van der Waals surface area contributed by atoms with Gasteiger partial charge >= 0.3 is 0 Å². The molecule has 1 saturated heterocycles. The molecule has 2 N–H and O–H groups in total. The second-order valence-corrected chi connectivity index (χ2v) is 9.10. The number of aryl methyl sites for hydroxylation is 1. The lowest BCUT2D eigenvalue weighted by atomic mass is 9.90. The van der Waals surface area contributed by atoms with Crippen LogP contribution in [0.4, 0.5) is 0 Å². The SMILES string of the molecule is CCc1ccc(C(=O)N2CCC[C@@H]2C(=O)NC2CCC(NC(=O)c3ccccc3)CC2)cc1. The van der Waals surface area contributed by atoms with E-state index in [1.54, 1.807) is 4.90 Å². The Labute approximate surface area is 195 Å². The first-order valence-corrected chi connectivity index (χ1v) is 12.1. The summed E-state index contributed by atoms with van der Waals surface area (Å²) in [7, 11) is 0. The van der Waals surface area contributed by atoms with Crippen molar-refractivity contribution in [1.29, 1.82) is 0 Å². The third kappa shape index (κ3) is 5.62. The number of amides is 3. The minimum absolute atomic E-state index is 0.0461. The van der Waals surface area contributed by atoms with E-state index in [0.29, 0.717) is 24.1 Å². The van der Waals surface area contributed by atoms with E-state index in [0.717, 1.165) is 38.5 Å². The Bertz CT molecular complexity index is 966. The average molecular weight is 448 g/mol. The van der Waals surface area contributed by atoms with Crippen LogP contribution in [0.15, 0.2) is 54.6 Å². The van der Waals surface area contributed by atoms with Crippen LogP contribution in [0.1, 0.15) is 71.7 Å². The largest absolute Gasteiger partial charge is 0.352 e. The molecule has 0 radical (unpaired) electrons. The van der Waals surface area contributed by atoms with Gasteiger partial charge in [-0.05, 0) is 74.8 Å². The number of nitrogens with one attached hydrogen (secondary N) is 2. The fourth-order valence-electron chi connectivity index (χ4n) is 4.87. The van der Waals surface area contributed by atoms with Gasteiger partial charge in [0, 0.05) is 29.8 Å². The second kappa shape index (κ2) is 10.6. The lowest BCUT2D eigenvalue weighted by Gasteiger charge is -2.31. The molecule has 174 valence electrons. The van der Waals surface area contributed by atoms with E-state index >= 15 is 0 Å². The molecule has 0 unspecified atom stereocenters. The van der Waals surface area contributed by atoms with Crippen LogP contribution in [-0.4, -0.2) is 47.3 Å². The first-order valence-electron chi connectivity index (χ1n) is 12.1. The van der Waals surface area contributed by atoms with Crippen LogP contribution in [0, 0.1) is 0 Å². The zero-order valence-electron chi connectivity index (χ0n) is 19.3. The molecule has 1 aliphatic heterocycles. The fraction of sp³-hybridized carbons (Fsp3) is 0.444. The molecule has 0 spiro atoms. The van der Waals surface area contributed by atoms with E-state index in [1.165, 1.54) is 5.56 Å². The highest BCUT2D eigenvalue weighted by Gasteiger charge is 2.36. The molecule has 1 aliphatic carbocycles. The summed E-state index contributed by atoms with van der Waals surface area (Å²) in [6.07, 6.45) is 5.79. The van der Waals surface area contributed by atoms with E-state index in [2.05, 4.69) is 17.6 Å². The standard InChI is InChI=1S/C27H33N3O3/c1-2-19-10-12-21(13-11-19)27(33)30-18-6-9-24(30)26(32)29-23-16-14-22(15-17-23)28-25(31)20-7-4-3-5-8-20/h3-5,7-8,10-13,22-24H,2,6,9,14-18H2,1H3,(H,28,31)(H,29,32)/t22?,23?,24-/m1/s1. The van der Waals surface area contributed by atoms with Crippen LogP contribution in [0.25, 0.3) is 0 Å². The fourth-order valence-corrected chi connectivity index (χ4v) is 4.87. The van der Waals surface area contributed by atoms with Crippen molar-refractivity contribution in [2.45, 2.75) is 70.0 Å². The van der Waals surface area contributed by atoms with Crippen molar-refractivity contribution in [3.8, 4) is 0 Å². The Hall–Kier alpha value is -3.15. The summed E-state index contributed by atoms with van der Waals surface area (Å²) in [5.41, 5.74) is 2.50. The van der Waals surface area contributed by atoms with Gasteiger partial charge in [0.1, 0.15) is 6.04 Å². The summed E-state index contributed by atoms with van der Waals surface area (Å²) in [6.45, 7) is 2.70. The van der Waals surface area contributed by atoms with E-state index in [9.17, 15) is 14.4 Å². The van der Waals surface area contributed by atoms with Gasteiger partial charge in [0.2, 0.25) is 5.91 Å². The quantitative estimate of drug-likeness (QED) is 0.709. The number of hydrogen-bond acceptors (Lipinski definition) is 3. The highest BCUT2D eigenvalue weighted by Crippen LogP contribution is 2.23. The predicted octanol–water partition coefficient (Wildman–Crippen LogP) is 3.71. The predicted molar refractivity (Wildman–Crippen MR) is 128 cm³/mol. The molecule has 6 heteroatoms. The summed E-state index contributed by atoms with van der Waals surface area (Å²) < 4.78 is 0. The number of carbonyl (C=O) groups is 3. The van der Waals surface area contributed by atoms with Gasteiger partial charge in [-0.25, -0.2) is 0 Å². The molecule has 33 heavy (non-hydrogen) atoms. The zero-order valence-corrected chi connectivity index (χ0v) is 19.3. The molecule has 3 amide bonds. The van der Waals surface area contributed by atoms with Crippen LogP contribution in [0.2, 0.25) is 0 Å². The van der Waals surface area contributed by atoms with Crippen molar-refractivity contribution in [3.63, 3.8) is 0 Å². The van der Waals surface area contributed by atoms with Crippen LogP contribution in [0.5, 0.6) is 0 Å². The molecule has 1 heterocycles. The molecule has 2 fully saturated rings. The van der Waals surface area contributed by atoms with Gasteiger partial charge in [0.25, 0.3) is 11.8 Å². The number of benzene rings is 2. The van der Waals surface area contributed by atoms with Crippen molar-refractivity contribution in [3.05, 3.63) is 71.3 Å². The van der Waals surface area contributed by atoms with Gasteiger partial charge in [-0.2, -0.15) is 0 Å². The number of rotatable bonds is 6. The Morgan fingerprint density at radius 3 is 2.09 bits per heavy atom. The molecule has 2 aromatic rings. The molecule has 4 rings (SSSR count). The summed E-state index contributed by atoms with van der Waals surface area (Å²) in [4.78, 5) is 40.2. The topological polar surface area (TPSA) is 78.5 Å². The Morgan fingerprint density at radius 1 is 0.818 bits per heavy atom. The van der Waals surface area contributed by atoms with Gasteiger partial charge in [-0.15, -0.1) is 0 Å². The third-order valence-electron chi connectivity index (χ3n) is 6.87. The molecule has 1 atom stereocenters. The first kappa shape index (κ1) is 23.0. The van der Waals surface area contributed by atoms with Crippen LogP contribution >= 0.6 is 0 Å². The zero-order chi connectivity index (χ0) is 23.2. The summed E-state index contributed by atoms with van der Waals surface area (Å²) in [6, 6.07) is 16.7. The maximum Gasteiger partial charge on any atom is 0.254 e. The number of carbonyl (C=O) groups excluding carboxylic acids is 3. The number of likely N-dealkylation sites (tertiary alicyclic amines) is 1. The van der Waals surface area contributed by atoms with E-state index in [4.69, 9.17) is 0 Å². The highest BCUT2D eigenvalue weighted by atomic mass is 16.2. The minimum atomic E-state index is -0.404. The second-order valence-electron chi connectivity index (χ2n) is 9.10. The van der Waals surface area contributed by atoms with Gasteiger partial charge in [0.15, 0.2) is 0 Å². The average Bonchev–Trinajstić information content (AvgIpc) is 3.35. The Kier molecular flexibility index (Phi) is 7.43. The summed E-state index contributed by atoms with van der Waals surface area (Å²) in [5, 5.41) is 6.28. The van der Waals surface area contributed by atoms with Crippen molar-refractivity contribution in [2.24, 2.45) is 0 Å². The van der Waals surface area contributed by atoms with Gasteiger partial charge < -0.3 is 15.5 Å². The van der Waals surface area contributed by atoms with E-state index in [-0.39, 0.29) is 29.8 Å². The van der Waals surface area contributed by atoms with Gasteiger partial charge in [0.05, 0.1) is 0 Å². The van der Waals surface area contributed by atoms with Crippen molar-refractivity contribution in [1.82, 2.24) is 15.5 Å². The minimum Gasteiger partial charge on any atom is -0.352 e. The highest BCUT2D eigenvalue weighted by molar-refractivity contribution is 5.98. The molecular weight excluding hydrogens is 414 g/mol. The molecule has 2 aromatic carbocycles. The summed E-state index contributed by atoms with van der Waals surface area (Å²) >= 11 is 0. The Morgan fingerprint density at radius 2 is 1.45 bits per heavy atom. The van der Waals surface area contributed by atoms with Crippen LogP contribution < -0.4 is 10.6 Å². The normalized spacial score (nSPS) is 22.6. The molecule has 0 bridgehead atoms. The van der Waals surface area contributed by atoms with E-state index < -0.39 is 6.04 Å². The van der Waals surface area contributed by atoms with Gasteiger partial charge in [-0.3, -0.25) is 14.4 Å². The van der Waals surface area contributed by atoms with Crippen LogP contribution in [-0.2, 0) is 11.2 Å². The molecule has 1 saturated carbocycles. The smallest absolute Gasteiger partial charge is 0.254 e. The molecule has 0 aromatic heterocycles. The van der Waals surface area contributed by atoms with E-state index in [1.807, 2.05) is 54.6 Å². The van der Waals surface area contributed by atoms with Crippen molar-refractivity contribution in [2.75, 3.05) is 6.54 Å². The molecule has 6 nitrogen and oxygen atoms in total. The number of hydrogen-bond donors (Lipinski definition) is 2. The van der Waals surface area contributed by atoms with Crippen molar-refractivity contribution < 1.29 is 14.4 Å². The monoisotopic (exact) mass is 447 g/mol. The third-order valence-corrected chi connectivity index (χ3v) is 6.87. The lowest BCUT2D eigenvalue weighted by molar-refractivity contribution is -0.125. The Balaban J connectivity index is 1.27. The molecular formula is C27H33N3O3. The van der Waals surface area contributed by atoms with Crippen molar-refractivity contribution >= 4 is 17.7 Å². The van der Waals surface area contributed by atoms with Gasteiger partial charge in [-0.1, -0.05) is 37.3 Å². The maximum absolute atomic E-state index is 13.0. The maximum atomic E-state index is 13.0. The molecule has 2 aliphatic rings. The first-order chi connectivity index (χ1) is 16.0. The summed E-state index contributed by atoms with van der Waals surface area (Å²) in [5.74, 6) is -0.166.